The number of amides is 4. The lowest BCUT2D eigenvalue weighted by Gasteiger charge is -2.44. The monoisotopic (exact) mass is 875 g/mol. The standard InChI is InChI=1S/C48H61N9O7/c1-29(2)40(53-46(60)62-9)44(58)56-23-11-12-38(56)42-49-26-36(51-42)34-19-15-32(16-20-34)13-14-33-17-21-35(22-18-33)37-27-50-43(52-37)39-28-55(31(5)64-48(6,7)8)24-25-57(39)45(59)41(30(3)4)54-47(61)63-10/h15-22,26-27,29-30,38-41H,5,11-12,23-25,28H2,1-4,6-10H3,(H,49,51)(H,50,52)(H,53,60)(H,54,61)/t38-,39-,40-,41-/m0/s1. The van der Waals surface area contributed by atoms with Crippen LogP contribution in [0.2, 0.25) is 0 Å². The molecule has 2 fully saturated rings. The van der Waals surface area contributed by atoms with Gasteiger partial charge in [-0.25, -0.2) is 19.6 Å². The van der Waals surface area contributed by atoms with Crippen molar-refractivity contribution in [3.05, 3.63) is 96.2 Å². The highest BCUT2D eigenvalue weighted by Crippen LogP contribution is 2.34. The number of H-pyrrole nitrogens is 2. The molecule has 16 nitrogen and oxygen atoms in total. The van der Waals surface area contributed by atoms with Crippen LogP contribution in [0.4, 0.5) is 9.59 Å². The van der Waals surface area contributed by atoms with Crippen LogP contribution in [0.5, 0.6) is 0 Å². The van der Waals surface area contributed by atoms with Crippen molar-refractivity contribution >= 4 is 24.0 Å². The summed E-state index contributed by atoms with van der Waals surface area (Å²) in [6.07, 6.45) is 3.83. The van der Waals surface area contributed by atoms with Crippen molar-refractivity contribution in [3.63, 3.8) is 0 Å². The average Bonchev–Trinajstić information content (AvgIpc) is 4.08. The van der Waals surface area contributed by atoms with E-state index in [0.29, 0.717) is 43.7 Å². The van der Waals surface area contributed by atoms with Crippen molar-refractivity contribution in [2.45, 2.75) is 91.1 Å². The Labute approximate surface area is 375 Å². The quantitative estimate of drug-likeness (QED) is 0.0875. The maximum atomic E-state index is 14.1. The van der Waals surface area contributed by atoms with Crippen molar-refractivity contribution in [3.8, 4) is 34.4 Å². The Morgan fingerprint density at radius 3 is 1.61 bits per heavy atom. The van der Waals surface area contributed by atoms with Crippen LogP contribution >= 0.6 is 0 Å². The summed E-state index contributed by atoms with van der Waals surface area (Å²) >= 11 is 0. The van der Waals surface area contributed by atoms with Crippen LogP contribution in [0.25, 0.3) is 22.5 Å². The predicted molar refractivity (Wildman–Crippen MR) is 242 cm³/mol. The van der Waals surface area contributed by atoms with Crippen molar-refractivity contribution in [1.82, 2.24) is 45.3 Å². The van der Waals surface area contributed by atoms with E-state index in [9.17, 15) is 19.2 Å². The van der Waals surface area contributed by atoms with E-state index >= 15 is 0 Å². The molecule has 4 aromatic rings. The van der Waals surface area contributed by atoms with Gasteiger partial charge in [0, 0.05) is 37.3 Å². The lowest BCUT2D eigenvalue weighted by molar-refractivity contribution is -0.140. The Kier molecular flexibility index (Phi) is 14.7. The fourth-order valence-corrected chi connectivity index (χ4v) is 7.91. The van der Waals surface area contributed by atoms with Crippen LogP contribution in [0.15, 0.2) is 73.4 Å². The maximum Gasteiger partial charge on any atom is 0.407 e. The molecule has 0 spiro atoms. The van der Waals surface area contributed by atoms with Crippen LogP contribution < -0.4 is 10.6 Å². The summed E-state index contributed by atoms with van der Waals surface area (Å²) in [7, 11) is 2.56. The molecule has 4 atom stereocenters. The summed E-state index contributed by atoms with van der Waals surface area (Å²) in [5.74, 6) is 7.63. The number of aromatic nitrogens is 4. The van der Waals surface area contributed by atoms with Gasteiger partial charge in [0.1, 0.15) is 35.4 Å². The smallest absolute Gasteiger partial charge is 0.407 e. The number of rotatable bonds is 12. The van der Waals surface area contributed by atoms with Crippen LogP contribution in [0.3, 0.4) is 0 Å². The van der Waals surface area contributed by atoms with E-state index in [2.05, 4.69) is 44.0 Å². The van der Waals surface area contributed by atoms with Crippen molar-refractivity contribution in [2.24, 2.45) is 11.8 Å². The first-order chi connectivity index (χ1) is 30.5. The molecule has 2 aliphatic rings. The molecule has 2 aliphatic heterocycles. The van der Waals surface area contributed by atoms with Crippen molar-refractivity contribution < 1.29 is 33.4 Å². The van der Waals surface area contributed by atoms with Gasteiger partial charge in [-0.15, -0.1) is 0 Å². The van der Waals surface area contributed by atoms with Crippen molar-refractivity contribution in [2.75, 3.05) is 40.4 Å². The summed E-state index contributed by atoms with van der Waals surface area (Å²) in [4.78, 5) is 73.7. The van der Waals surface area contributed by atoms with Gasteiger partial charge in [0.15, 0.2) is 5.88 Å². The lowest BCUT2D eigenvalue weighted by Crippen LogP contribution is -2.57. The molecule has 0 radical (unpaired) electrons. The summed E-state index contributed by atoms with van der Waals surface area (Å²) in [6, 6.07) is 13.5. The molecular formula is C48H61N9O7. The number of methoxy groups -OCH3 is 2. The average molecular weight is 876 g/mol. The van der Waals surface area contributed by atoms with Gasteiger partial charge in [0.2, 0.25) is 11.8 Å². The Balaban J connectivity index is 1.13. The third-order valence-electron chi connectivity index (χ3n) is 11.3. The molecule has 2 aromatic heterocycles. The van der Waals surface area contributed by atoms with Gasteiger partial charge < -0.3 is 49.5 Å². The van der Waals surface area contributed by atoms with Crippen molar-refractivity contribution in [1.29, 1.82) is 0 Å². The highest BCUT2D eigenvalue weighted by atomic mass is 16.5. The Bertz CT molecular complexity index is 2350. The predicted octanol–water partition coefficient (Wildman–Crippen LogP) is 6.76. The highest BCUT2D eigenvalue weighted by Gasteiger charge is 2.40. The normalized spacial score (nSPS) is 17.3. The number of benzene rings is 2. The van der Waals surface area contributed by atoms with Crippen LogP contribution in [-0.4, -0.2) is 117 Å². The molecular weight excluding hydrogens is 815 g/mol. The molecule has 0 unspecified atom stereocenters. The molecule has 6 rings (SSSR count). The van der Waals surface area contributed by atoms with Gasteiger partial charge in [-0.1, -0.05) is 63.8 Å². The minimum Gasteiger partial charge on any atom is -0.474 e. The minimum absolute atomic E-state index is 0.116. The maximum absolute atomic E-state index is 14.1. The Morgan fingerprint density at radius 1 is 0.719 bits per heavy atom. The van der Waals surface area contributed by atoms with E-state index in [1.54, 1.807) is 22.2 Å². The van der Waals surface area contributed by atoms with E-state index in [1.807, 2.05) is 102 Å². The number of aromatic amines is 2. The summed E-state index contributed by atoms with van der Waals surface area (Å²) in [5.41, 5.74) is 4.66. The second-order valence-electron chi connectivity index (χ2n) is 17.8. The number of hydrogen-bond acceptors (Lipinski definition) is 10. The number of carbonyl (C=O) groups excluding carboxylic acids is 4. The van der Waals surface area contributed by atoms with Crippen LogP contribution in [0, 0.1) is 23.7 Å². The molecule has 4 N–H and O–H groups in total. The van der Waals surface area contributed by atoms with Gasteiger partial charge in [0.25, 0.3) is 0 Å². The number of piperazine rings is 1. The molecule has 0 bridgehead atoms. The fraction of sp³-hybridized carbons (Fsp3) is 0.458. The molecule has 340 valence electrons. The number of likely N-dealkylation sites (tertiary alicyclic amines) is 1. The Hall–Kier alpha value is -6.76. The number of nitrogens with zero attached hydrogens (tertiary/aromatic N) is 5. The SMILES string of the molecule is C=C(OC(C)(C)C)N1CCN(C(=O)[C@@H](NC(=O)OC)C(C)C)[C@H](c2ncc(-c3ccc(C#Cc4ccc(-c5cnc([C@@H]6CCCN6C(=O)[C@@H](NC(=O)OC)C(C)C)[nH]5)cc4)cc3)[nH]2)C1. The van der Waals surface area contributed by atoms with Gasteiger partial charge in [-0.3, -0.25) is 9.59 Å². The number of imidazole rings is 2. The zero-order chi connectivity index (χ0) is 46.3. The number of ether oxygens (including phenoxy) is 3. The largest absolute Gasteiger partial charge is 0.474 e. The second-order valence-corrected chi connectivity index (χ2v) is 17.8. The summed E-state index contributed by atoms with van der Waals surface area (Å²) in [6.45, 7) is 19.4. The first-order valence-electron chi connectivity index (χ1n) is 21.7. The van der Waals surface area contributed by atoms with E-state index in [1.165, 1.54) is 14.2 Å². The number of alkyl carbamates (subject to hydrolysis) is 2. The second kappa shape index (κ2) is 20.2. The summed E-state index contributed by atoms with van der Waals surface area (Å²) < 4.78 is 15.7. The minimum atomic E-state index is -0.794. The fourth-order valence-electron chi connectivity index (χ4n) is 7.91. The zero-order valence-corrected chi connectivity index (χ0v) is 38.3. The molecule has 64 heavy (non-hydrogen) atoms. The van der Waals surface area contributed by atoms with E-state index < -0.39 is 35.9 Å². The highest BCUT2D eigenvalue weighted by molar-refractivity contribution is 5.87. The first kappa shape index (κ1) is 46.7. The van der Waals surface area contributed by atoms with E-state index in [0.717, 1.165) is 46.5 Å². The van der Waals surface area contributed by atoms with Gasteiger partial charge in [0.05, 0.1) is 44.0 Å². The lowest BCUT2D eigenvalue weighted by atomic mass is 10.0. The van der Waals surface area contributed by atoms with Gasteiger partial charge in [-0.2, -0.15) is 0 Å². The Morgan fingerprint density at radius 2 is 1.17 bits per heavy atom. The van der Waals surface area contributed by atoms with E-state index in [-0.39, 0.29) is 29.7 Å². The third kappa shape index (κ3) is 11.2. The zero-order valence-electron chi connectivity index (χ0n) is 38.3. The number of hydrogen-bond donors (Lipinski definition) is 4. The van der Waals surface area contributed by atoms with Crippen LogP contribution in [-0.2, 0) is 23.8 Å². The third-order valence-corrected chi connectivity index (χ3v) is 11.3. The molecule has 0 saturated carbocycles. The van der Waals surface area contributed by atoms with E-state index in [4.69, 9.17) is 19.2 Å². The van der Waals surface area contributed by atoms with Gasteiger partial charge in [-0.05, 0) is 87.4 Å². The molecule has 16 heteroatoms. The number of nitrogens with one attached hydrogen (secondary N) is 4. The van der Waals surface area contributed by atoms with Gasteiger partial charge >= 0.3 is 12.2 Å². The number of carbonyl (C=O) groups is 4. The topological polar surface area (TPSA) is 187 Å². The molecule has 4 amide bonds. The molecule has 2 aromatic carbocycles. The molecule has 4 heterocycles. The molecule has 2 saturated heterocycles. The van der Waals surface area contributed by atoms with Crippen LogP contribution in [0.1, 0.15) is 96.2 Å². The molecule has 0 aliphatic carbocycles. The summed E-state index contributed by atoms with van der Waals surface area (Å²) in [5, 5.41) is 5.40. The first-order valence-corrected chi connectivity index (χ1v) is 21.7.